The van der Waals surface area contributed by atoms with Crippen LogP contribution in [0.3, 0.4) is 0 Å². The van der Waals surface area contributed by atoms with E-state index in [9.17, 15) is 14.0 Å². The molecule has 2 rings (SSSR count). The van der Waals surface area contributed by atoms with E-state index in [0.717, 1.165) is 6.07 Å². The third-order valence-corrected chi connectivity index (χ3v) is 3.10. The van der Waals surface area contributed by atoms with E-state index in [0.29, 0.717) is 22.8 Å². The lowest BCUT2D eigenvalue weighted by Crippen LogP contribution is -2.22. The zero-order valence-corrected chi connectivity index (χ0v) is 12.9. The number of benzene rings is 1. The number of ether oxygens (including phenoxy) is 1. The summed E-state index contributed by atoms with van der Waals surface area (Å²) in [5.41, 5.74) is 0.685. The molecule has 0 unspecified atom stereocenters. The molecule has 0 aliphatic rings. The molecule has 8 heteroatoms. The van der Waals surface area contributed by atoms with Crippen molar-refractivity contribution < 1.29 is 23.2 Å². The molecule has 2 N–H and O–H groups in total. The van der Waals surface area contributed by atoms with E-state index in [-0.39, 0.29) is 18.0 Å². The van der Waals surface area contributed by atoms with Gasteiger partial charge in [-0.3, -0.25) is 4.79 Å². The summed E-state index contributed by atoms with van der Waals surface area (Å²) in [5.74, 6) is -0.753. The third-order valence-electron chi connectivity index (χ3n) is 3.10. The highest BCUT2D eigenvalue weighted by atomic mass is 19.1. The van der Waals surface area contributed by atoms with E-state index in [1.54, 1.807) is 13.0 Å². The van der Waals surface area contributed by atoms with Gasteiger partial charge in [-0.05, 0) is 26.0 Å². The van der Waals surface area contributed by atoms with Gasteiger partial charge in [-0.15, -0.1) is 0 Å². The van der Waals surface area contributed by atoms with Crippen molar-refractivity contribution in [2.45, 2.75) is 13.8 Å². The van der Waals surface area contributed by atoms with Gasteiger partial charge in [0.05, 0.1) is 19.2 Å². The first-order valence-corrected chi connectivity index (χ1v) is 6.76. The first-order chi connectivity index (χ1) is 10.9. The summed E-state index contributed by atoms with van der Waals surface area (Å²) in [6.07, 6.45) is 0. The molecular formula is C15H16FN3O4. The molecule has 0 bridgehead atoms. The Labute approximate surface area is 131 Å². The predicted octanol–water partition coefficient (Wildman–Crippen LogP) is 2.27. The van der Waals surface area contributed by atoms with E-state index < -0.39 is 11.8 Å². The maximum Gasteiger partial charge on any atom is 0.338 e. The minimum absolute atomic E-state index is 0.0608. The lowest BCUT2D eigenvalue weighted by atomic mass is 10.1. The number of methoxy groups -OCH3 is 1. The molecule has 1 heterocycles. The van der Waals surface area contributed by atoms with Crippen LogP contribution in [-0.2, 0) is 9.53 Å². The lowest BCUT2D eigenvalue weighted by molar-refractivity contribution is -0.114. The third kappa shape index (κ3) is 4.06. The van der Waals surface area contributed by atoms with Crippen LogP contribution in [-0.4, -0.2) is 30.7 Å². The van der Waals surface area contributed by atoms with Crippen LogP contribution in [0, 0.1) is 19.7 Å². The van der Waals surface area contributed by atoms with E-state index in [1.165, 1.54) is 20.1 Å². The summed E-state index contributed by atoms with van der Waals surface area (Å²) in [6.45, 7) is 3.11. The Morgan fingerprint density at radius 2 is 2.04 bits per heavy atom. The number of hydrogen-bond donors (Lipinski definition) is 2. The van der Waals surface area contributed by atoms with Gasteiger partial charge in [-0.1, -0.05) is 5.16 Å². The van der Waals surface area contributed by atoms with E-state index in [2.05, 4.69) is 20.5 Å². The number of esters is 1. The molecule has 2 aromatic rings. The van der Waals surface area contributed by atoms with Crippen LogP contribution < -0.4 is 10.6 Å². The number of nitrogens with zero attached hydrogens (tertiary/aromatic N) is 1. The SMILES string of the molecule is COC(=O)c1cc(F)c(C)c(NCC(=O)Nc2cc(C)on2)c1. The Kier molecular flexibility index (Phi) is 4.95. The van der Waals surface area contributed by atoms with Crippen molar-refractivity contribution in [3.8, 4) is 0 Å². The Morgan fingerprint density at radius 1 is 1.30 bits per heavy atom. The number of aryl methyl sites for hydroxylation is 1. The van der Waals surface area contributed by atoms with Gasteiger partial charge in [-0.25, -0.2) is 9.18 Å². The number of nitrogens with one attached hydrogen (secondary N) is 2. The van der Waals surface area contributed by atoms with Crippen LogP contribution in [0.4, 0.5) is 15.9 Å². The van der Waals surface area contributed by atoms with Crippen LogP contribution >= 0.6 is 0 Å². The van der Waals surface area contributed by atoms with Crippen molar-refractivity contribution in [1.29, 1.82) is 0 Å². The summed E-state index contributed by atoms with van der Waals surface area (Å²) < 4.78 is 23.2. The molecular weight excluding hydrogens is 305 g/mol. The zero-order valence-electron chi connectivity index (χ0n) is 12.9. The van der Waals surface area contributed by atoms with Gasteiger partial charge in [0.1, 0.15) is 11.6 Å². The fourth-order valence-electron chi connectivity index (χ4n) is 1.89. The second-order valence-electron chi connectivity index (χ2n) is 4.85. The van der Waals surface area contributed by atoms with Gasteiger partial charge in [0.25, 0.3) is 0 Å². The van der Waals surface area contributed by atoms with Gasteiger partial charge in [0.15, 0.2) is 5.82 Å². The molecule has 1 amide bonds. The molecule has 122 valence electrons. The van der Waals surface area contributed by atoms with Gasteiger partial charge < -0.3 is 19.9 Å². The maximum atomic E-state index is 13.8. The van der Waals surface area contributed by atoms with E-state index in [1.807, 2.05) is 0 Å². The fourth-order valence-corrected chi connectivity index (χ4v) is 1.89. The first kappa shape index (κ1) is 16.5. The van der Waals surface area contributed by atoms with Gasteiger partial charge in [-0.2, -0.15) is 0 Å². The molecule has 0 aliphatic carbocycles. The number of anilines is 2. The quantitative estimate of drug-likeness (QED) is 0.821. The average molecular weight is 321 g/mol. The number of rotatable bonds is 5. The van der Waals surface area contributed by atoms with E-state index >= 15 is 0 Å². The average Bonchev–Trinajstić information content (AvgIpc) is 2.92. The molecule has 0 saturated heterocycles. The molecule has 0 spiro atoms. The van der Waals surface area contributed by atoms with Crippen molar-refractivity contribution in [3.05, 3.63) is 40.9 Å². The number of amides is 1. The Bertz CT molecular complexity index is 742. The number of aromatic nitrogens is 1. The maximum absolute atomic E-state index is 13.8. The second kappa shape index (κ2) is 6.91. The predicted molar refractivity (Wildman–Crippen MR) is 80.8 cm³/mol. The molecule has 23 heavy (non-hydrogen) atoms. The van der Waals surface area contributed by atoms with Gasteiger partial charge >= 0.3 is 5.97 Å². The number of halogens is 1. The monoisotopic (exact) mass is 321 g/mol. The van der Waals surface area contributed by atoms with Crippen LogP contribution in [0.15, 0.2) is 22.7 Å². The summed E-state index contributed by atoms with van der Waals surface area (Å²) >= 11 is 0. The second-order valence-corrected chi connectivity index (χ2v) is 4.85. The van der Waals surface area contributed by atoms with Crippen molar-refractivity contribution in [3.63, 3.8) is 0 Å². The summed E-state index contributed by atoms with van der Waals surface area (Å²) in [4.78, 5) is 23.3. The smallest absolute Gasteiger partial charge is 0.338 e. The molecule has 0 fully saturated rings. The molecule has 1 aromatic carbocycles. The minimum atomic E-state index is -0.658. The van der Waals surface area contributed by atoms with Crippen molar-refractivity contribution in [2.75, 3.05) is 24.3 Å². The van der Waals surface area contributed by atoms with Crippen molar-refractivity contribution in [1.82, 2.24) is 5.16 Å². The zero-order chi connectivity index (χ0) is 17.0. The summed E-state index contributed by atoms with van der Waals surface area (Å²) in [5, 5.41) is 8.94. The fraction of sp³-hybridized carbons (Fsp3) is 0.267. The van der Waals surface area contributed by atoms with Crippen LogP contribution in [0.25, 0.3) is 0 Å². The summed E-state index contributed by atoms with van der Waals surface area (Å²) in [7, 11) is 1.21. The van der Waals surface area contributed by atoms with Gasteiger partial charge in [0.2, 0.25) is 5.91 Å². The van der Waals surface area contributed by atoms with Crippen LogP contribution in [0.2, 0.25) is 0 Å². The minimum Gasteiger partial charge on any atom is -0.465 e. The van der Waals surface area contributed by atoms with Crippen LogP contribution in [0.5, 0.6) is 0 Å². The van der Waals surface area contributed by atoms with E-state index in [4.69, 9.17) is 4.52 Å². The molecule has 0 radical (unpaired) electrons. The Morgan fingerprint density at radius 3 is 2.65 bits per heavy atom. The molecule has 0 atom stereocenters. The molecule has 7 nitrogen and oxygen atoms in total. The highest BCUT2D eigenvalue weighted by molar-refractivity contribution is 5.94. The highest BCUT2D eigenvalue weighted by Gasteiger charge is 2.14. The van der Waals surface area contributed by atoms with Crippen molar-refractivity contribution in [2.24, 2.45) is 0 Å². The largest absolute Gasteiger partial charge is 0.465 e. The lowest BCUT2D eigenvalue weighted by Gasteiger charge is -2.11. The van der Waals surface area contributed by atoms with Crippen molar-refractivity contribution >= 4 is 23.4 Å². The topological polar surface area (TPSA) is 93.5 Å². The Hall–Kier alpha value is -2.90. The number of carbonyl (C=O) groups is 2. The first-order valence-electron chi connectivity index (χ1n) is 6.76. The number of hydrogen-bond acceptors (Lipinski definition) is 6. The highest BCUT2D eigenvalue weighted by Crippen LogP contribution is 2.21. The standard InChI is InChI=1S/C15H16FN3O4/c1-8-4-13(19-23-8)18-14(20)7-17-12-6-10(15(21)22-3)5-11(16)9(12)2/h4-6,17H,7H2,1-3H3,(H,18,19,20). The van der Waals surface area contributed by atoms with Gasteiger partial charge in [0, 0.05) is 17.3 Å². The normalized spacial score (nSPS) is 10.3. The number of carbonyl (C=O) groups excluding carboxylic acids is 2. The molecule has 1 aromatic heterocycles. The summed E-state index contributed by atoms with van der Waals surface area (Å²) in [6, 6.07) is 4.09. The molecule has 0 aliphatic heterocycles. The van der Waals surface area contributed by atoms with Crippen LogP contribution in [0.1, 0.15) is 21.7 Å². The Balaban J connectivity index is 2.06. The molecule has 0 saturated carbocycles.